The maximum Gasteiger partial charge on any atom is 0.319 e. The van der Waals surface area contributed by atoms with Crippen LogP contribution in [0.3, 0.4) is 0 Å². The zero-order valence-electron chi connectivity index (χ0n) is 10.9. The molecule has 0 aliphatic heterocycles. The highest BCUT2D eigenvalue weighted by atomic mass is 16.5. The molecule has 0 fully saturated rings. The van der Waals surface area contributed by atoms with E-state index in [0.29, 0.717) is 13.1 Å². The second-order valence-electron chi connectivity index (χ2n) is 4.35. The topological polar surface area (TPSA) is 42.4 Å². The first-order valence-electron chi connectivity index (χ1n) is 5.76. The van der Waals surface area contributed by atoms with E-state index in [1.165, 1.54) is 7.11 Å². The highest BCUT2D eigenvalue weighted by molar-refractivity contribution is 5.71. The number of rotatable bonds is 5. The van der Waals surface area contributed by atoms with Crippen LogP contribution in [0.2, 0.25) is 0 Å². The van der Waals surface area contributed by atoms with E-state index in [0.717, 1.165) is 11.4 Å². The van der Waals surface area contributed by atoms with Crippen molar-refractivity contribution in [3.63, 3.8) is 0 Å². The van der Waals surface area contributed by atoms with Gasteiger partial charge in [-0.25, -0.2) is 0 Å². The minimum absolute atomic E-state index is 0.216. The summed E-state index contributed by atoms with van der Waals surface area (Å²) in [4.78, 5) is 17.8. The van der Waals surface area contributed by atoms with Crippen molar-refractivity contribution >= 4 is 5.97 Å². The van der Waals surface area contributed by atoms with Crippen LogP contribution in [0.25, 0.3) is 0 Å². The zero-order chi connectivity index (χ0) is 12.8. The monoisotopic (exact) mass is 236 g/mol. The van der Waals surface area contributed by atoms with Gasteiger partial charge in [-0.1, -0.05) is 6.07 Å². The zero-order valence-corrected chi connectivity index (χ0v) is 10.9. The van der Waals surface area contributed by atoms with Gasteiger partial charge in [0, 0.05) is 18.3 Å². The van der Waals surface area contributed by atoms with E-state index in [1.54, 1.807) is 0 Å². The van der Waals surface area contributed by atoms with Gasteiger partial charge in [-0.05, 0) is 32.9 Å². The SMILES string of the molecule is COC(=O)CN(Cc1cccc(C)n1)C(C)C. The maximum atomic E-state index is 11.3. The first-order chi connectivity index (χ1) is 8.02. The Balaban J connectivity index is 2.70. The molecule has 0 radical (unpaired) electrons. The molecular weight excluding hydrogens is 216 g/mol. The van der Waals surface area contributed by atoms with Crippen LogP contribution in [-0.2, 0) is 16.1 Å². The summed E-state index contributed by atoms with van der Waals surface area (Å²) in [6, 6.07) is 6.19. The standard InChI is InChI=1S/C13H20N2O2/c1-10(2)15(9-13(16)17-4)8-12-7-5-6-11(3)14-12/h5-7,10H,8-9H2,1-4H3. The molecular formula is C13H20N2O2. The molecule has 1 aromatic heterocycles. The third-order valence-corrected chi connectivity index (χ3v) is 2.60. The molecule has 0 aliphatic carbocycles. The van der Waals surface area contributed by atoms with Crippen LogP contribution in [0.1, 0.15) is 25.2 Å². The average molecular weight is 236 g/mol. The Hall–Kier alpha value is -1.42. The number of hydrogen-bond donors (Lipinski definition) is 0. The van der Waals surface area contributed by atoms with Crippen molar-refractivity contribution in [2.45, 2.75) is 33.4 Å². The highest BCUT2D eigenvalue weighted by Crippen LogP contribution is 2.07. The molecule has 1 aromatic rings. The minimum atomic E-state index is -0.216. The summed E-state index contributed by atoms with van der Waals surface area (Å²) >= 11 is 0. The van der Waals surface area contributed by atoms with Gasteiger partial charge in [0.05, 0.1) is 19.3 Å². The molecule has 0 amide bonds. The van der Waals surface area contributed by atoms with Gasteiger partial charge < -0.3 is 4.74 Å². The van der Waals surface area contributed by atoms with Crippen LogP contribution < -0.4 is 0 Å². The maximum absolute atomic E-state index is 11.3. The highest BCUT2D eigenvalue weighted by Gasteiger charge is 2.15. The fraction of sp³-hybridized carbons (Fsp3) is 0.538. The van der Waals surface area contributed by atoms with Crippen LogP contribution in [0, 0.1) is 6.92 Å². The Morgan fingerprint density at radius 2 is 2.18 bits per heavy atom. The normalized spacial score (nSPS) is 10.9. The van der Waals surface area contributed by atoms with Crippen LogP contribution in [0.15, 0.2) is 18.2 Å². The molecule has 94 valence electrons. The molecule has 1 rings (SSSR count). The van der Waals surface area contributed by atoms with Crippen LogP contribution >= 0.6 is 0 Å². The van der Waals surface area contributed by atoms with Gasteiger partial charge in [-0.2, -0.15) is 0 Å². The van der Waals surface area contributed by atoms with E-state index in [-0.39, 0.29) is 12.0 Å². The van der Waals surface area contributed by atoms with Gasteiger partial charge in [-0.3, -0.25) is 14.7 Å². The van der Waals surface area contributed by atoms with E-state index >= 15 is 0 Å². The minimum Gasteiger partial charge on any atom is -0.468 e. The number of methoxy groups -OCH3 is 1. The third kappa shape index (κ3) is 4.53. The average Bonchev–Trinajstić information content (AvgIpc) is 2.27. The number of pyridine rings is 1. The van der Waals surface area contributed by atoms with Crippen molar-refractivity contribution in [3.05, 3.63) is 29.6 Å². The Labute approximate surface area is 103 Å². The van der Waals surface area contributed by atoms with Crippen LogP contribution in [-0.4, -0.2) is 35.5 Å². The number of hydrogen-bond acceptors (Lipinski definition) is 4. The number of carbonyl (C=O) groups is 1. The van der Waals surface area contributed by atoms with E-state index in [2.05, 4.69) is 18.8 Å². The Morgan fingerprint density at radius 1 is 1.47 bits per heavy atom. The first-order valence-corrected chi connectivity index (χ1v) is 5.76. The fourth-order valence-corrected chi connectivity index (χ4v) is 1.55. The fourth-order valence-electron chi connectivity index (χ4n) is 1.55. The smallest absolute Gasteiger partial charge is 0.319 e. The van der Waals surface area contributed by atoms with E-state index in [9.17, 15) is 4.79 Å². The lowest BCUT2D eigenvalue weighted by molar-refractivity contribution is -0.142. The molecule has 0 atom stereocenters. The van der Waals surface area contributed by atoms with Gasteiger partial charge in [0.1, 0.15) is 0 Å². The van der Waals surface area contributed by atoms with Crippen molar-refractivity contribution < 1.29 is 9.53 Å². The largest absolute Gasteiger partial charge is 0.468 e. The van der Waals surface area contributed by atoms with Crippen molar-refractivity contribution in [3.8, 4) is 0 Å². The van der Waals surface area contributed by atoms with E-state index in [1.807, 2.05) is 30.0 Å². The van der Waals surface area contributed by atoms with Gasteiger partial charge in [0.25, 0.3) is 0 Å². The lowest BCUT2D eigenvalue weighted by atomic mass is 10.2. The second kappa shape index (κ2) is 6.35. The van der Waals surface area contributed by atoms with E-state index in [4.69, 9.17) is 4.74 Å². The van der Waals surface area contributed by atoms with Crippen molar-refractivity contribution in [2.75, 3.05) is 13.7 Å². The van der Waals surface area contributed by atoms with Crippen molar-refractivity contribution in [1.29, 1.82) is 0 Å². The predicted molar refractivity (Wildman–Crippen MR) is 66.5 cm³/mol. The molecule has 0 spiro atoms. The van der Waals surface area contributed by atoms with Gasteiger partial charge in [-0.15, -0.1) is 0 Å². The van der Waals surface area contributed by atoms with Gasteiger partial charge in [0.2, 0.25) is 0 Å². The molecule has 0 bridgehead atoms. The predicted octanol–water partition coefficient (Wildman–Crippen LogP) is 1.77. The number of aryl methyl sites for hydroxylation is 1. The van der Waals surface area contributed by atoms with Gasteiger partial charge >= 0.3 is 5.97 Å². The number of aromatic nitrogens is 1. The quantitative estimate of drug-likeness (QED) is 0.731. The summed E-state index contributed by atoms with van der Waals surface area (Å²) in [6.07, 6.45) is 0. The summed E-state index contributed by atoms with van der Waals surface area (Å²) in [5, 5.41) is 0. The van der Waals surface area contributed by atoms with Crippen LogP contribution in [0.5, 0.6) is 0 Å². The number of ether oxygens (including phenoxy) is 1. The molecule has 1 heterocycles. The molecule has 17 heavy (non-hydrogen) atoms. The molecule has 0 unspecified atom stereocenters. The molecule has 4 nitrogen and oxygen atoms in total. The Morgan fingerprint density at radius 3 is 2.71 bits per heavy atom. The third-order valence-electron chi connectivity index (χ3n) is 2.60. The molecule has 0 saturated heterocycles. The Kier molecular flexibility index (Phi) is 5.10. The summed E-state index contributed by atoms with van der Waals surface area (Å²) in [6.45, 7) is 7.03. The summed E-state index contributed by atoms with van der Waals surface area (Å²) < 4.78 is 4.69. The number of carbonyl (C=O) groups excluding carboxylic acids is 1. The molecule has 0 aromatic carbocycles. The molecule has 4 heteroatoms. The lowest BCUT2D eigenvalue weighted by Crippen LogP contribution is -2.35. The lowest BCUT2D eigenvalue weighted by Gasteiger charge is -2.24. The Bertz CT molecular complexity index is 377. The van der Waals surface area contributed by atoms with Crippen LogP contribution in [0.4, 0.5) is 0 Å². The molecule has 0 aliphatic rings. The first kappa shape index (κ1) is 13.6. The number of esters is 1. The molecule has 0 saturated carbocycles. The van der Waals surface area contributed by atoms with Gasteiger partial charge in [0.15, 0.2) is 0 Å². The summed E-state index contributed by atoms with van der Waals surface area (Å²) in [5.74, 6) is -0.216. The summed E-state index contributed by atoms with van der Waals surface area (Å²) in [5.41, 5.74) is 1.96. The van der Waals surface area contributed by atoms with Crippen molar-refractivity contribution in [1.82, 2.24) is 9.88 Å². The second-order valence-corrected chi connectivity index (χ2v) is 4.35. The molecule has 0 N–H and O–H groups in total. The number of nitrogens with zero attached hydrogens (tertiary/aromatic N) is 2. The van der Waals surface area contributed by atoms with Crippen molar-refractivity contribution in [2.24, 2.45) is 0 Å². The van der Waals surface area contributed by atoms with E-state index < -0.39 is 0 Å². The summed E-state index contributed by atoms with van der Waals surface area (Å²) in [7, 11) is 1.41.